The van der Waals surface area contributed by atoms with Gasteiger partial charge in [0.15, 0.2) is 5.65 Å². The first-order valence-corrected chi connectivity index (χ1v) is 11.5. The van der Waals surface area contributed by atoms with Crippen molar-refractivity contribution >= 4 is 23.5 Å². The summed E-state index contributed by atoms with van der Waals surface area (Å²) < 4.78 is 9.46. The molecule has 36 heavy (non-hydrogen) atoms. The predicted molar refractivity (Wildman–Crippen MR) is 130 cm³/mol. The molecule has 1 aromatic carbocycles. The van der Waals surface area contributed by atoms with Crippen LogP contribution in [-0.2, 0) is 18.3 Å². The Hall–Kier alpha value is -4.58. The molecule has 0 spiro atoms. The second-order valence-corrected chi connectivity index (χ2v) is 8.53. The van der Waals surface area contributed by atoms with Gasteiger partial charge < -0.3 is 9.64 Å². The van der Waals surface area contributed by atoms with Gasteiger partial charge in [-0.25, -0.2) is 24.6 Å². The quantitative estimate of drug-likeness (QED) is 0.330. The van der Waals surface area contributed by atoms with Crippen molar-refractivity contribution in [1.82, 2.24) is 44.7 Å². The lowest BCUT2D eigenvalue weighted by molar-refractivity contribution is 0.0273. The SMILES string of the molecule is Cn1cc(-c2cnc3nnn(C[C@@H]4CN(c5ncc(-c6ccc(C=O)cc6)cn5)CCO4)c3n2)cn1. The van der Waals surface area contributed by atoms with Crippen LogP contribution in [0, 0.1) is 0 Å². The van der Waals surface area contributed by atoms with E-state index in [0.717, 1.165) is 23.0 Å². The van der Waals surface area contributed by atoms with Gasteiger partial charge in [0, 0.05) is 55.4 Å². The zero-order chi connectivity index (χ0) is 24.5. The Kier molecular flexibility index (Phi) is 5.62. The summed E-state index contributed by atoms with van der Waals surface area (Å²) >= 11 is 0. The molecule has 180 valence electrons. The van der Waals surface area contributed by atoms with Crippen LogP contribution >= 0.6 is 0 Å². The lowest BCUT2D eigenvalue weighted by Crippen LogP contribution is -2.45. The summed E-state index contributed by atoms with van der Waals surface area (Å²) in [5.41, 5.74) is 5.14. The Labute approximate surface area is 205 Å². The van der Waals surface area contributed by atoms with Crippen molar-refractivity contribution in [2.75, 3.05) is 24.6 Å². The highest BCUT2D eigenvalue weighted by molar-refractivity contribution is 5.76. The van der Waals surface area contributed by atoms with E-state index in [1.807, 2.05) is 25.4 Å². The van der Waals surface area contributed by atoms with E-state index in [9.17, 15) is 4.79 Å². The molecule has 1 atom stereocenters. The number of ether oxygens (including phenoxy) is 1. The number of rotatable bonds is 6. The van der Waals surface area contributed by atoms with Gasteiger partial charge in [-0.2, -0.15) is 5.10 Å². The topological polar surface area (TPSA) is 130 Å². The Morgan fingerprint density at radius 3 is 2.61 bits per heavy atom. The number of carbonyl (C=O) groups excluding carboxylic acids is 1. The van der Waals surface area contributed by atoms with Crippen LogP contribution in [0.3, 0.4) is 0 Å². The summed E-state index contributed by atoms with van der Waals surface area (Å²) in [5.74, 6) is 0.638. The molecular formula is C24H22N10O2. The zero-order valence-electron chi connectivity index (χ0n) is 19.5. The fourth-order valence-electron chi connectivity index (χ4n) is 4.16. The normalized spacial score (nSPS) is 15.9. The minimum Gasteiger partial charge on any atom is -0.373 e. The van der Waals surface area contributed by atoms with Crippen LogP contribution < -0.4 is 4.90 Å². The molecule has 12 heteroatoms. The van der Waals surface area contributed by atoms with E-state index >= 15 is 0 Å². The van der Waals surface area contributed by atoms with Gasteiger partial charge >= 0.3 is 0 Å². The maximum Gasteiger partial charge on any atom is 0.225 e. The molecule has 1 aliphatic rings. The second-order valence-electron chi connectivity index (χ2n) is 8.53. The summed E-state index contributed by atoms with van der Waals surface area (Å²) in [5, 5.41) is 12.6. The third kappa shape index (κ3) is 4.29. The van der Waals surface area contributed by atoms with E-state index in [2.05, 4.69) is 35.3 Å². The molecule has 0 aliphatic carbocycles. The second kappa shape index (κ2) is 9.23. The van der Waals surface area contributed by atoms with Crippen LogP contribution in [0.15, 0.2) is 55.2 Å². The molecule has 6 rings (SSSR count). The van der Waals surface area contributed by atoms with E-state index in [0.29, 0.717) is 54.7 Å². The number of benzene rings is 1. The van der Waals surface area contributed by atoms with E-state index in [4.69, 9.17) is 9.72 Å². The molecule has 0 bridgehead atoms. The maximum atomic E-state index is 10.9. The monoisotopic (exact) mass is 482 g/mol. The lowest BCUT2D eigenvalue weighted by atomic mass is 10.1. The van der Waals surface area contributed by atoms with Crippen LogP contribution in [0.5, 0.6) is 0 Å². The van der Waals surface area contributed by atoms with Crippen molar-refractivity contribution in [1.29, 1.82) is 0 Å². The first kappa shape index (κ1) is 21.9. The van der Waals surface area contributed by atoms with Gasteiger partial charge in [-0.1, -0.05) is 29.5 Å². The number of nitrogens with zero attached hydrogens (tertiary/aromatic N) is 10. The lowest BCUT2D eigenvalue weighted by Gasteiger charge is -2.32. The van der Waals surface area contributed by atoms with Gasteiger partial charge in [0.1, 0.15) is 6.29 Å². The number of aromatic nitrogens is 9. The first-order chi connectivity index (χ1) is 17.7. The molecule has 0 radical (unpaired) electrons. The van der Waals surface area contributed by atoms with Crippen LogP contribution in [0.2, 0.25) is 0 Å². The van der Waals surface area contributed by atoms with Crippen LogP contribution in [0.25, 0.3) is 33.7 Å². The molecule has 0 amide bonds. The van der Waals surface area contributed by atoms with Gasteiger partial charge in [-0.15, -0.1) is 5.10 Å². The number of morpholine rings is 1. The van der Waals surface area contributed by atoms with Crippen molar-refractivity contribution < 1.29 is 9.53 Å². The van der Waals surface area contributed by atoms with Crippen LogP contribution in [-0.4, -0.2) is 76.8 Å². The molecule has 5 heterocycles. The zero-order valence-corrected chi connectivity index (χ0v) is 19.5. The smallest absolute Gasteiger partial charge is 0.225 e. The molecule has 12 nitrogen and oxygen atoms in total. The van der Waals surface area contributed by atoms with E-state index in [1.165, 1.54) is 0 Å². The largest absolute Gasteiger partial charge is 0.373 e. The number of hydrogen-bond donors (Lipinski definition) is 0. The average Bonchev–Trinajstić information content (AvgIpc) is 3.55. The highest BCUT2D eigenvalue weighted by Gasteiger charge is 2.24. The van der Waals surface area contributed by atoms with Crippen molar-refractivity contribution in [2.45, 2.75) is 12.6 Å². The molecule has 1 aliphatic heterocycles. The number of carbonyl (C=O) groups is 1. The summed E-state index contributed by atoms with van der Waals surface area (Å²) in [6, 6.07) is 7.33. The number of anilines is 1. The molecule has 1 saturated heterocycles. The minimum absolute atomic E-state index is 0.147. The number of aldehydes is 1. The molecule has 0 saturated carbocycles. The molecule has 1 fully saturated rings. The van der Waals surface area contributed by atoms with Crippen molar-refractivity contribution in [3.8, 4) is 22.4 Å². The van der Waals surface area contributed by atoms with Crippen molar-refractivity contribution in [2.24, 2.45) is 7.05 Å². The highest BCUT2D eigenvalue weighted by atomic mass is 16.5. The summed E-state index contributed by atoms with van der Waals surface area (Å²) in [4.78, 5) is 31.2. The summed E-state index contributed by atoms with van der Waals surface area (Å²) in [6.07, 6.45) is 9.58. The number of aryl methyl sites for hydroxylation is 1. The number of hydrogen-bond acceptors (Lipinski definition) is 10. The van der Waals surface area contributed by atoms with Gasteiger partial charge in [0.25, 0.3) is 0 Å². The molecule has 4 aromatic heterocycles. The van der Waals surface area contributed by atoms with Crippen molar-refractivity contribution in [3.05, 3.63) is 60.8 Å². The highest BCUT2D eigenvalue weighted by Crippen LogP contribution is 2.21. The van der Waals surface area contributed by atoms with Gasteiger partial charge in [0.2, 0.25) is 11.6 Å². The van der Waals surface area contributed by atoms with E-state index < -0.39 is 0 Å². The average molecular weight is 483 g/mol. The third-order valence-electron chi connectivity index (χ3n) is 6.04. The third-order valence-corrected chi connectivity index (χ3v) is 6.04. The van der Waals surface area contributed by atoms with E-state index in [1.54, 1.807) is 46.3 Å². The fourth-order valence-corrected chi connectivity index (χ4v) is 4.16. The maximum absolute atomic E-state index is 10.9. The Morgan fingerprint density at radius 2 is 1.86 bits per heavy atom. The van der Waals surface area contributed by atoms with E-state index in [-0.39, 0.29) is 6.10 Å². The summed E-state index contributed by atoms with van der Waals surface area (Å²) in [7, 11) is 1.86. The predicted octanol–water partition coefficient (Wildman–Crippen LogP) is 1.80. The Bertz CT molecular complexity index is 1510. The molecule has 0 N–H and O–H groups in total. The minimum atomic E-state index is -0.147. The molecule has 5 aromatic rings. The molecule has 0 unspecified atom stereocenters. The Morgan fingerprint density at radius 1 is 1.03 bits per heavy atom. The van der Waals surface area contributed by atoms with Gasteiger partial charge in [-0.3, -0.25) is 9.48 Å². The number of fused-ring (bicyclic) bond motifs is 1. The molecular weight excluding hydrogens is 460 g/mol. The van der Waals surface area contributed by atoms with Gasteiger partial charge in [0.05, 0.1) is 37.3 Å². The van der Waals surface area contributed by atoms with Crippen LogP contribution in [0.1, 0.15) is 10.4 Å². The first-order valence-electron chi connectivity index (χ1n) is 11.5. The summed E-state index contributed by atoms with van der Waals surface area (Å²) in [6.45, 7) is 2.30. The van der Waals surface area contributed by atoms with Crippen molar-refractivity contribution in [3.63, 3.8) is 0 Å². The Balaban J connectivity index is 1.17. The van der Waals surface area contributed by atoms with Crippen LogP contribution in [0.4, 0.5) is 5.95 Å². The van der Waals surface area contributed by atoms with Gasteiger partial charge in [-0.05, 0) is 5.56 Å². The fraction of sp³-hybridized carbons (Fsp3) is 0.250. The standard InChI is InChI=1S/C24H22N10O2/c1-32-12-19(10-28-32)21-11-25-22-23(29-21)34(31-30-22)14-20-13-33(6-7-36-20)24-26-8-18(9-27-24)17-4-2-16(15-35)3-5-17/h2-5,8-12,15,20H,6-7,13-14H2,1H3/t20-/m0/s1.